The van der Waals surface area contributed by atoms with Gasteiger partial charge in [0.05, 0.1) is 12.2 Å². The number of benzene rings is 1. The largest absolute Gasteiger partial charge is 0.419 e. The summed E-state index contributed by atoms with van der Waals surface area (Å²) in [6.07, 6.45) is 1.79. The first-order valence-electron chi connectivity index (χ1n) is 6.85. The van der Waals surface area contributed by atoms with Crippen LogP contribution in [0.4, 0.5) is 0 Å². The van der Waals surface area contributed by atoms with Crippen molar-refractivity contribution in [2.45, 2.75) is 19.5 Å². The van der Waals surface area contributed by atoms with E-state index >= 15 is 0 Å². The van der Waals surface area contributed by atoms with E-state index in [0.717, 1.165) is 11.3 Å². The zero-order valence-corrected chi connectivity index (χ0v) is 11.7. The Hall–Kier alpha value is -2.53. The summed E-state index contributed by atoms with van der Waals surface area (Å²) in [6, 6.07) is 15.7. The molecule has 0 aliphatic heterocycles. The maximum Gasteiger partial charge on any atom is 0.247 e. The molecule has 0 radical (unpaired) electrons. The molecule has 5 heteroatoms. The summed E-state index contributed by atoms with van der Waals surface area (Å²) in [5.74, 6) is 1.11. The van der Waals surface area contributed by atoms with E-state index in [4.69, 9.17) is 4.42 Å². The summed E-state index contributed by atoms with van der Waals surface area (Å²) >= 11 is 0. The molecule has 0 aliphatic rings. The zero-order chi connectivity index (χ0) is 14.5. The summed E-state index contributed by atoms with van der Waals surface area (Å²) < 4.78 is 5.65. The zero-order valence-electron chi connectivity index (χ0n) is 11.7. The van der Waals surface area contributed by atoms with Gasteiger partial charge in [-0.2, -0.15) is 0 Å². The summed E-state index contributed by atoms with van der Waals surface area (Å²) in [5, 5.41) is 11.4. The Morgan fingerprint density at radius 2 is 1.86 bits per heavy atom. The van der Waals surface area contributed by atoms with E-state index in [9.17, 15) is 0 Å². The Kier molecular flexibility index (Phi) is 4.02. The maximum absolute atomic E-state index is 5.65. The lowest BCUT2D eigenvalue weighted by Gasteiger charge is -2.10. The fourth-order valence-corrected chi connectivity index (χ4v) is 2.00. The standard InChI is InChI=1S/C16H16N4O/c1-12(14-9-5-6-10-17-14)18-11-15-19-20-16(21-15)13-7-3-2-4-8-13/h2-10,12,18H,11H2,1H3/t12-/m0/s1. The molecule has 0 saturated heterocycles. The lowest BCUT2D eigenvalue weighted by Crippen LogP contribution is -2.19. The van der Waals surface area contributed by atoms with Gasteiger partial charge in [0.2, 0.25) is 11.8 Å². The predicted octanol–water partition coefficient (Wildman–Crippen LogP) is 2.98. The highest BCUT2D eigenvalue weighted by Crippen LogP contribution is 2.17. The third kappa shape index (κ3) is 3.32. The Morgan fingerprint density at radius 3 is 2.62 bits per heavy atom. The van der Waals surface area contributed by atoms with Crippen LogP contribution in [-0.4, -0.2) is 15.2 Å². The molecule has 2 heterocycles. The van der Waals surface area contributed by atoms with Gasteiger partial charge in [0.25, 0.3) is 0 Å². The Bertz CT molecular complexity index is 682. The van der Waals surface area contributed by atoms with Crippen molar-refractivity contribution in [1.29, 1.82) is 0 Å². The number of aromatic nitrogens is 3. The van der Waals surface area contributed by atoms with Crippen LogP contribution in [0, 0.1) is 0 Å². The van der Waals surface area contributed by atoms with Crippen LogP contribution in [0.3, 0.4) is 0 Å². The van der Waals surface area contributed by atoms with Crippen molar-refractivity contribution in [2.75, 3.05) is 0 Å². The van der Waals surface area contributed by atoms with Crippen molar-refractivity contribution in [2.24, 2.45) is 0 Å². The van der Waals surface area contributed by atoms with E-state index in [1.165, 1.54) is 0 Å². The molecule has 0 amide bonds. The molecule has 3 rings (SSSR count). The topological polar surface area (TPSA) is 63.8 Å². The van der Waals surface area contributed by atoms with Gasteiger partial charge in [-0.05, 0) is 31.2 Å². The summed E-state index contributed by atoms with van der Waals surface area (Å²) in [4.78, 5) is 4.31. The van der Waals surface area contributed by atoms with Crippen LogP contribution in [0.2, 0.25) is 0 Å². The maximum atomic E-state index is 5.65. The van der Waals surface area contributed by atoms with Gasteiger partial charge in [-0.15, -0.1) is 10.2 Å². The van der Waals surface area contributed by atoms with E-state index < -0.39 is 0 Å². The van der Waals surface area contributed by atoms with Gasteiger partial charge in [-0.1, -0.05) is 24.3 Å². The Morgan fingerprint density at radius 1 is 1.05 bits per heavy atom. The van der Waals surface area contributed by atoms with Gasteiger partial charge in [-0.3, -0.25) is 4.98 Å². The number of nitrogens with zero attached hydrogens (tertiary/aromatic N) is 3. The average molecular weight is 280 g/mol. The molecule has 5 nitrogen and oxygen atoms in total. The van der Waals surface area contributed by atoms with Crippen LogP contribution < -0.4 is 5.32 Å². The van der Waals surface area contributed by atoms with Crippen molar-refractivity contribution >= 4 is 0 Å². The minimum atomic E-state index is 0.123. The van der Waals surface area contributed by atoms with Crippen molar-refractivity contribution in [1.82, 2.24) is 20.5 Å². The first-order chi connectivity index (χ1) is 10.3. The van der Waals surface area contributed by atoms with Gasteiger partial charge in [0.1, 0.15) is 0 Å². The normalized spacial score (nSPS) is 12.2. The molecule has 1 atom stereocenters. The molecule has 0 saturated carbocycles. The molecule has 1 aromatic carbocycles. The van der Waals surface area contributed by atoms with Crippen molar-refractivity contribution in [3.8, 4) is 11.5 Å². The highest BCUT2D eigenvalue weighted by atomic mass is 16.4. The fourth-order valence-electron chi connectivity index (χ4n) is 2.00. The second kappa shape index (κ2) is 6.28. The number of hydrogen-bond donors (Lipinski definition) is 1. The van der Waals surface area contributed by atoms with Gasteiger partial charge < -0.3 is 9.73 Å². The SMILES string of the molecule is C[C@H](NCc1nnc(-c2ccccc2)o1)c1ccccn1. The smallest absolute Gasteiger partial charge is 0.247 e. The Balaban J connectivity index is 1.63. The summed E-state index contributed by atoms with van der Waals surface area (Å²) in [7, 11) is 0. The monoisotopic (exact) mass is 280 g/mol. The third-order valence-corrected chi connectivity index (χ3v) is 3.18. The minimum absolute atomic E-state index is 0.123. The molecule has 0 spiro atoms. The lowest BCUT2D eigenvalue weighted by molar-refractivity contribution is 0.451. The molecule has 0 bridgehead atoms. The number of pyridine rings is 1. The molecular formula is C16H16N4O. The van der Waals surface area contributed by atoms with Crippen LogP contribution in [0.15, 0.2) is 59.1 Å². The van der Waals surface area contributed by atoms with E-state index in [1.807, 2.05) is 48.5 Å². The second-order valence-corrected chi connectivity index (χ2v) is 4.72. The average Bonchev–Trinajstić information content (AvgIpc) is 3.03. The van der Waals surface area contributed by atoms with E-state index in [-0.39, 0.29) is 6.04 Å². The van der Waals surface area contributed by atoms with Gasteiger partial charge in [0, 0.05) is 17.8 Å². The van der Waals surface area contributed by atoms with Crippen LogP contribution in [0.1, 0.15) is 24.6 Å². The predicted molar refractivity (Wildman–Crippen MR) is 79.2 cm³/mol. The minimum Gasteiger partial charge on any atom is -0.419 e. The second-order valence-electron chi connectivity index (χ2n) is 4.72. The van der Waals surface area contributed by atoms with Crippen LogP contribution in [0.25, 0.3) is 11.5 Å². The summed E-state index contributed by atoms with van der Waals surface area (Å²) in [5.41, 5.74) is 1.91. The van der Waals surface area contributed by atoms with Crippen molar-refractivity contribution in [3.05, 3.63) is 66.3 Å². The lowest BCUT2D eigenvalue weighted by atomic mass is 10.2. The first kappa shape index (κ1) is 13.5. The summed E-state index contributed by atoms with van der Waals surface area (Å²) in [6.45, 7) is 2.56. The highest BCUT2D eigenvalue weighted by Gasteiger charge is 2.10. The van der Waals surface area contributed by atoms with Crippen LogP contribution in [-0.2, 0) is 6.54 Å². The highest BCUT2D eigenvalue weighted by molar-refractivity contribution is 5.51. The number of rotatable bonds is 5. The molecule has 3 aromatic rings. The van der Waals surface area contributed by atoms with Gasteiger partial charge in [0.15, 0.2) is 0 Å². The van der Waals surface area contributed by atoms with E-state index in [1.54, 1.807) is 6.20 Å². The first-order valence-corrected chi connectivity index (χ1v) is 6.85. The van der Waals surface area contributed by atoms with E-state index in [0.29, 0.717) is 18.3 Å². The van der Waals surface area contributed by atoms with Crippen molar-refractivity contribution < 1.29 is 4.42 Å². The molecule has 0 aliphatic carbocycles. The van der Waals surface area contributed by atoms with Gasteiger partial charge >= 0.3 is 0 Å². The fraction of sp³-hybridized carbons (Fsp3) is 0.188. The molecule has 2 aromatic heterocycles. The van der Waals surface area contributed by atoms with Crippen LogP contribution >= 0.6 is 0 Å². The molecular weight excluding hydrogens is 264 g/mol. The molecule has 0 fully saturated rings. The molecule has 1 N–H and O–H groups in total. The third-order valence-electron chi connectivity index (χ3n) is 3.18. The number of hydrogen-bond acceptors (Lipinski definition) is 5. The quantitative estimate of drug-likeness (QED) is 0.778. The van der Waals surface area contributed by atoms with Gasteiger partial charge in [-0.25, -0.2) is 0 Å². The molecule has 106 valence electrons. The van der Waals surface area contributed by atoms with Crippen molar-refractivity contribution in [3.63, 3.8) is 0 Å². The van der Waals surface area contributed by atoms with E-state index in [2.05, 4.69) is 27.4 Å². The van der Waals surface area contributed by atoms with Crippen LogP contribution in [0.5, 0.6) is 0 Å². The molecule has 0 unspecified atom stereocenters. The molecule has 21 heavy (non-hydrogen) atoms. The Labute approximate surface area is 123 Å². The number of nitrogens with one attached hydrogen (secondary N) is 1.